The number of aryl methyl sites for hydroxylation is 2. The molecule has 2 fully saturated rings. The number of carbonyl (C=O) groups is 1. The lowest BCUT2D eigenvalue weighted by Gasteiger charge is -2.29. The second-order valence-corrected chi connectivity index (χ2v) is 10.7. The molecule has 11 heteroatoms. The zero-order valence-electron chi connectivity index (χ0n) is 21.6. The number of halogens is 1. The van der Waals surface area contributed by atoms with Gasteiger partial charge in [-0.3, -0.25) is 4.79 Å². The van der Waals surface area contributed by atoms with Crippen LogP contribution < -0.4 is 20.1 Å². The molecule has 200 valence electrons. The van der Waals surface area contributed by atoms with Gasteiger partial charge in [0, 0.05) is 28.4 Å². The van der Waals surface area contributed by atoms with Crippen molar-refractivity contribution in [2.75, 3.05) is 18.5 Å². The highest BCUT2D eigenvalue weighted by Crippen LogP contribution is 2.52. The number of pyridine rings is 1. The van der Waals surface area contributed by atoms with E-state index in [2.05, 4.69) is 30.6 Å². The standard InChI is InChI=1S/C28H27FN6O4/c1-15-20-19(4-3-17(21(20)29)18-5-10-30-25-23(18)37-11-12-38-25)33-26(32-15)35-28-8-6-27(13-28,7-9-28)34-24(36)22-16(2)39-14-31-22/h3-5,10,14H,6-9,11-13H2,1-2H3,(H,34,36)(H,32,33,35). The fourth-order valence-electron chi connectivity index (χ4n) is 6.39. The number of amides is 1. The number of anilines is 1. The highest BCUT2D eigenvalue weighted by molar-refractivity contribution is 5.93. The third kappa shape index (κ3) is 3.86. The normalized spacial score (nSPS) is 23.3. The lowest BCUT2D eigenvalue weighted by molar-refractivity contribution is 0.0895. The Bertz CT molecular complexity index is 1630. The van der Waals surface area contributed by atoms with Crippen LogP contribution in [0.3, 0.4) is 0 Å². The van der Waals surface area contributed by atoms with Crippen molar-refractivity contribution in [3.63, 3.8) is 0 Å². The van der Waals surface area contributed by atoms with Gasteiger partial charge in [-0.1, -0.05) is 0 Å². The Labute approximate surface area is 223 Å². The van der Waals surface area contributed by atoms with E-state index in [0.29, 0.717) is 70.0 Å². The molecule has 1 aliphatic heterocycles. The van der Waals surface area contributed by atoms with Gasteiger partial charge in [-0.2, -0.15) is 0 Å². The maximum Gasteiger partial charge on any atom is 0.273 e. The molecule has 3 aliphatic rings. The van der Waals surface area contributed by atoms with Crippen LogP contribution in [0.15, 0.2) is 35.2 Å². The second kappa shape index (κ2) is 8.62. The number of hydrogen-bond donors (Lipinski definition) is 2. The van der Waals surface area contributed by atoms with E-state index < -0.39 is 5.82 Å². The minimum Gasteiger partial charge on any atom is -0.484 e. The molecule has 3 aromatic heterocycles. The number of oxazole rings is 1. The smallest absolute Gasteiger partial charge is 0.273 e. The average molecular weight is 531 g/mol. The molecule has 10 nitrogen and oxygen atoms in total. The summed E-state index contributed by atoms with van der Waals surface area (Å²) in [6.07, 6.45) is 7.05. The molecule has 4 aromatic rings. The van der Waals surface area contributed by atoms with Gasteiger partial charge in [0.2, 0.25) is 5.95 Å². The van der Waals surface area contributed by atoms with Gasteiger partial charge < -0.3 is 24.5 Å². The highest BCUT2D eigenvalue weighted by Gasteiger charge is 2.55. The van der Waals surface area contributed by atoms with Gasteiger partial charge in [0.25, 0.3) is 11.8 Å². The summed E-state index contributed by atoms with van der Waals surface area (Å²) in [6, 6.07) is 5.23. The molecule has 0 spiro atoms. The van der Waals surface area contributed by atoms with Crippen molar-refractivity contribution >= 4 is 22.8 Å². The molecule has 0 unspecified atom stereocenters. The van der Waals surface area contributed by atoms with Gasteiger partial charge in [0.1, 0.15) is 24.8 Å². The van der Waals surface area contributed by atoms with E-state index in [4.69, 9.17) is 13.9 Å². The molecule has 4 heterocycles. The van der Waals surface area contributed by atoms with Crippen molar-refractivity contribution in [1.82, 2.24) is 25.3 Å². The van der Waals surface area contributed by atoms with Crippen molar-refractivity contribution in [3.8, 4) is 22.8 Å². The van der Waals surface area contributed by atoms with Gasteiger partial charge >= 0.3 is 0 Å². The molecular weight excluding hydrogens is 503 g/mol. The van der Waals surface area contributed by atoms with Crippen LogP contribution in [-0.4, -0.2) is 50.1 Å². The SMILES string of the molecule is Cc1ocnc1C(=O)NC12CCC(Nc3nc(C)c4c(F)c(-c5ccnc6c5OCCO6)ccc4n3)(CC1)C2. The van der Waals surface area contributed by atoms with Crippen LogP contribution >= 0.6 is 0 Å². The third-order valence-corrected chi connectivity index (χ3v) is 8.27. The highest BCUT2D eigenvalue weighted by atomic mass is 19.1. The predicted molar refractivity (Wildman–Crippen MR) is 139 cm³/mol. The summed E-state index contributed by atoms with van der Waals surface area (Å²) in [5.74, 6) is 1.14. The number of nitrogens with zero attached hydrogens (tertiary/aromatic N) is 4. The molecule has 2 N–H and O–H groups in total. The number of ether oxygens (including phenoxy) is 2. The Morgan fingerprint density at radius 3 is 2.56 bits per heavy atom. The molecule has 0 radical (unpaired) electrons. The van der Waals surface area contributed by atoms with Gasteiger partial charge in [-0.25, -0.2) is 24.3 Å². The van der Waals surface area contributed by atoms with Gasteiger partial charge in [-0.05, 0) is 64.2 Å². The first-order valence-corrected chi connectivity index (χ1v) is 13.1. The third-order valence-electron chi connectivity index (χ3n) is 8.27. The van der Waals surface area contributed by atoms with Gasteiger partial charge in [-0.15, -0.1) is 0 Å². The van der Waals surface area contributed by atoms with Crippen molar-refractivity contribution in [3.05, 3.63) is 53.8 Å². The Hall–Kier alpha value is -4.28. The van der Waals surface area contributed by atoms with E-state index in [1.165, 1.54) is 6.39 Å². The monoisotopic (exact) mass is 530 g/mol. The Balaban J connectivity index is 1.16. The fraction of sp³-hybridized carbons (Fsp3) is 0.393. The maximum atomic E-state index is 15.9. The lowest BCUT2D eigenvalue weighted by Crippen LogP contribution is -2.45. The summed E-state index contributed by atoms with van der Waals surface area (Å²) in [6.45, 7) is 4.30. The predicted octanol–water partition coefficient (Wildman–Crippen LogP) is 4.50. The first kappa shape index (κ1) is 23.8. The summed E-state index contributed by atoms with van der Waals surface area (Å²) in [4.78, 5) is 30.4. The van der Waals surface area contributed by atoms with E-state index in [1.807, 2.05) is 0 Å². The molecule has 2 bridgehead atoms. The van der Waals surface area contributed by atoms with Gasteiger partial charge in [0.05, 0.1) is 16.6 Å². The second-order valence-electron chi connectivity index (χ2n) is 10.7. The van der Waals surface area contributed by atoms with Crippen molar-refractivity contribution < 1.29 is 23.1 Å². The quantitative estimate of drug-likeness (QED) is 0.384. The first-order chi connectivity index (χ1) is 18.9. The fourth-order valence-corrected chi connectivity index (χ4v) is 6.39. The molecule has 1 amide bonds. The van der Waals surface area contributed by atoms with Crippen LogP contribution in [0, 0.1) is 19.7 Å². The van der Waals surface area contributed by atoms with E-state index in [-0.39, 0.29) is 17.0 Å². The zero-order chi connectivity index (χ0) is 26.8. The minimum absolute atomic E-state index is 0.213. The Kier molecular flexibility index (Phi) is 5.26. The van der Waals surface area contributed by atoms with E-state index in [9.17, 15) is 4.79 Å². The number of benzene rings is 1. The number of aromatic nitrogens is 4. The topological polar surface area (TPSA) is 124 Å². The molecule has 2 aliphatic carbocycles. The van der Waals surface area contributed by atoms with E-state index >= 15 is 4.39 Å². The molecule has 7 rings (SSSR count). The number of nitrogens with one attached hydrogen (secondary N) is 2. The summed E-state index contributed by atoms with van der Waals surface area (Å²) < 4.78 is 32.4. The van der Waals surface area contributed by atoms with Gasteiger partial charge in [0.15, 0.2) is 17.8 Å². The maximum absolute atomic E-state index is 15.9. The Morgan fingerprint density at radius 1 is 0.974 bits per heavy atom. The molecule has 2 saturated carbocycles. The molecule has 0 saturated heterocycles. The largest absolute Gasteiger partial charge is 0.484 e. The number of hydrogen-bond acceptors (Lipinski definition) is 9. The molecule has 39 heavy (non-hydrogen) atoms. The van der Waals surface area contributed by atoms with Crippen LogP contribution in [0.5, 0.6) is 11.6 Å². The van der Waals surface area contributed by atoms with Crippen LogP contribution in [-0.2, 0) is 0 Å². The first-order valence-electron chi connectivity index (χ1n) is 13.1. The molecule has 1 aromatic carbocycles. The van der Waals surface area contributed by atoms with Crippen molar-refractivity contribution in [2.24, 2.45) is 0 Å². The van der Waals surface area contributed by atoms with Crippen LogP contribution in [0.4, 0.5) is 10.3 Å². The van der Waals surface area contributed by atoms with Crippen molar-refractivity contribution in [1.29, 1.82) is 0 Å². The summed E-state index contributed by atoms with van der Waals surface area (Å²) in [5, 5.41) is 7.13. The molecular formula is C28H27FN6O4. The minimum atomic E-state index is -0.413. The summed E-state index contributed by atoms with van der Waals surface area (Å²) in [7, 11) is 0. The zero-order valence-corrected chi connectivity index (χ0v) is 21.6. The lowest BCUT2D eigenvalue weighted by atomic mass is 9.91. The summed E-state index contributed by atoms with van der Waals surface area (Å²) in [5.41, 5.74) is 1.79. The van der Waals surface area contributed by atoms with Crippen LogP contribution in [0.2, 0.25) is 0 Å². The van der Waals surface area contributed by atoms with Crippen LogP contribution in [0.25, 0.3) is 22.0 Å². The molecule has 0 atom stereocenters. The van der Waals surface area contributed by atoms with E-state index in [0.717, 1.165) is 32.1 Å². The number of carbonyl (C=O) groups excluding carboxylic acids is 1. The van der Waals surface area contributed by atoms with Crippen LogP contribution in [0.1, 0.15) is 54.0 Å². The number of fused-ring (bicyclic) bond motifs is 4. The van der Waals surface area contributed by atoms with E-state index in [1.54, 1.807) is 38.2 Å². The average Bonchev–Trinajstić information content (AvgIpc) is 3.61. The summed E-state index contributed by atoms with van der Waals surface area (Å²) >= 11 is 0. The number of rotatable bonds is 5. The van der Waals surface area contributed by atoms with Crippen molar-refractivity contribution in [2.45, 2.75) is 57.0 Å². The Morgan fingerprint density at radius 2 is 1.77 bits per heavy atom.